The van der Waals surface area contributed by atoms with Crippen molar-refractivity contribution in [2.75, 3.05) is 13.5 Å². The number of carbonyl (C=O) groups excluding carboxylic acids is 1. The van der Waals surface area contributed by atoms with E-state index in [-0.39, 0.29) is 18.3 Å². The van der Waals surface area contributed by atoms with Gasteiger partial charge in [0.2, 0.25) is 12.6 Å². The minimum absolute atomic E-state index is 0.129. The van der Waals surface area contributed by atoms with Crippen LogP contribution in [0.2, 0.25) is 0 Å². The quantitative estimate of drug-likeness (QED) is 0.589. The number of allylic oxidation sites excluding steroid dienone is 1. The van der Waals surface area contributed by atoms with E-state index in [9.17, 15) is 4.79 Å². The highest BCUT2D eigenvalue weighted by atomic mass is 16.7. The molecule has 0 aliphatic carbocycles. The average Bonchev–Trinajstić information content (AvgIpc) is 3.50. The summed E-state index contributed by atoms with van der Waals surface area (Å²) in [6.07, 6.45) is 3.39. The van der Waals surface area contributed by atoms with Crippen molar-refractivity contribution in [1.29, 1.82) is 0 Å². The Morgan fingerprint density at radius 2 is 1.97 bits per heavy atom. The number of hydrogen-bond donors (Lipinski definition) is 0. The SMILES string of the molecule is Cc1cc2c(c3c1C(=O)/C(=C/c1ccc4c(c1)OCO4)O3)CN(Cc1ccco1)CO2. The number of Topliss-reactive ketones (excluding diaryl/α,β-unsaturated/α-hetero) is 1. The molecule has 0 bridgehead atoms. The number of hydrogen-bond acceptors (Lipinski definition) is 7. The van der Waals surface area contributed by atoms with Crippen LogP contribution in [-0.2, 0) is 13.1 Å². The Hall–Kier alpha value is -3.71. The van der Waals surface area contributed by atoms with Gasteiger partial charge >= 0.3 is 0 Å². The first-order valence-electron chi connectivity index (χ1n) is 10.0. The van der Waals surface area contributed by atoms with E-state index in [2.05, 4.69) is 4.90 Å². The van der Waals surface area contributed by atoms with Gasteiger partial charge in [-0.3, -0.25) is 9.69 Å². The third kappa shape index (κ3) is 3.05. The van der Waals surface area contributed by atoms with Gasteiger partial charge in [-0.2, -0.15) is 0 Å². The van der Waals surface area contributed by atoms with Gasteiger partial charge < -0.3 is 23.4 Å². The van der Waals surface area contributed by atoms with Crippen molar-refractivity contribution in [3.8, 4) is 23.0 Å². The number of ketones is 1. The molecule has 0 unspecified atom stereocenters. The van der Waals surface area contributed by atoms with E-state index in [0.717, 1.165) is 28.2 Å². The highest BCUT2D eigenvalue weighted by Gasteiger charge is 2.35. The third-order valence-corrected chi connectivity index (χ3v) is 5.64. The lowest BCUT2D eigenvalue weighted by molar-refractivity contribution is 0.0809. The minimum Gasteiger partial charge on any atom is -0.478 e. The zero-order chi connectivity index (χ0) is 20.9. The summed E-state index contributed by atoms with van der Waals surface area (Å²) in [5.41, 5.74) is 3.12. The Labute approximate surface area is 178 Å². The van der Waals surface area contributed by atoms with Crippen LogP contribution in [0.5, 0.6) is 23.0 Å². The predicted molar refractivity (Wildman–Crippen MR) is 110 cm³/mol. The molecule has 4 heterocycles. The molecule has 7 nitrogen and oxygen atoms in total. The average molecular weight is 417 g/mol. The van der Waals surface area contributed by atoms with E-state index >= 15 is 0 Å². The fourth-order valence-corrected chi connectivity index (χ4v) is 4.15. The minimum atomic E-state index is -0.129. The van der Waals surface area contributed by atoms with Crippen LogP contribution in [-0.4, -0.2) is 24.2 Å². The molecule has 2 aromatic carbocycles. The van der Waals surface area contributed by atoms with Gasteiger partial charge in [-0.25, -0.2) is 0 Å². The number of ether oxygens (including phenoxy) is 4. The second kappa shape index (κ2) is 6.92. The summed E-state index contributed by atoms with van der Waals surface area (Å²) >= 11 is 0. The number of rotatable bonds is 3. The molecule has 0 radical (unpaired) electrons. The number of benzene rings is 2. The van der Waals surface area contributed by atoms with E-state index in [0.29, 0.717) is 42.6 Å². The Morgan fingerprint density at radius 3 is 2.84 bits per heavy atom. The van der Waals surface area contributed by atoms with E-state index in [1.807, 2.05) is 43.3 Å². The number of carbonyl (C=O) groups is 1. The van der Waals surface area contributed by atoms with Crippen molar-refractivity contribution in [2.24, 2.45) is 0 Å². The first-order chi connectivity index (χ1) is 15.2. The van der Waals surface area contributed by atoms with Crippen LogP contribution in [0.4, 0.5) is 0 Å². The summed E-state index contributed by atoms with van der Waals surface area (Å²) < 4.78 is 28.3. The highest BCUT2D eigenvalue weighted by Crippen LogP contribution is 2.44. The van der Waals surface area contributed by atoms with E-state index in [1.54, 1.807) is 12.3 Å². The van der Waals surface area contributed by atoms with Crippen LogP contribution in [0, 0.1) is 6.92 Å². The third-order valence-electron chi connectivity index (χ3n) is 5.64. The molecular weight excluding hydrogens is 398 g/mol. The lowest BCUT2D eigenvalue weighted by Crippen LogP contribution is -2.31. The van der Waals surface area contributed by atoms with Gasteiger partial charge in [-0.15, -0.1) is 0 Å². The molecule has 31 heavy (non-hydrogen) atoms. The van der Waals surface area contributed by atoms with Crippen LogP contribution >= 0.6 is 0 Å². The molecule has 6 rings (SSSR count). The van der Waals surface area contributed by atoms with Crippen molar-refractivity contribution >= 4 is 11.9 Å². The largest absolute Gasteiger partial charge is 0.478 e. The summed E-state index contributed by atoms with van der Waals surface area (Å²) in [5.74, 6) is 3.71. The van der Waals surface area contributed by atoms with Crippen LogP contribution in [0.25, 0.3) is 6.08 Å². The van der Waals surface area contributed by atoms with Gasteiger partial charge in [-0.1, -0.05) is 6.07 Å². The summed E-state index contributed by atoms with van der Waals surface area (Å²) in [4.78, 5) is 15.3. The van der Waals surface area contributed by atoms with Gasteiger partial charge in [0.1, 0.15) is 24.0 Å². The number of fused-ring (bicyclic) bond motifs is 4. The molecule has 3 aromatic rings. The number of nitrogens with zero attached hydrogens (tertiary/aromatic N) is 1. The number of aryl methyl sites for hydroxylation is 1. The summed E-state index contributed by atoms with van der Waals surface area (Å²) in [6.45, 7) is 3.77. The van der Waals surface area contributed by atoms with Crippen molar-refractivity contribution in [1.82, 2.24) is 4.90 Å². The molecule has 0 saturated heterocycles. The van der Waals surface area contributed by atoms with Crippen molar-refractivity contribution in [3.05, 3.63) is 76.4 Å². The van der Waals surface area contributed by atoms with Gasteiger partial charge in [0, 0.05) is 6.54 Å². The van der Waals surface area contributed by atoms with Crippen LogP contribution < -0.4 is 18.9 Å². The van der Waals surface area contributed by atoms with Gasteiger partial charge in [0.15, 0.2) is 17.3 Å². The maximum Gasteiger partial charge on any atom is 0.232 e. The molecule has 1 aromatic heterocycles. The topological polar surface area (TPSA) is 70.4 Å². The molecule has 0 amide bonds. The first kappa shape index (κ1) is 18.1. The normalized spacial score (nSPS) is 18.0. The highest BCUT2D eigenvalue weighted by molar-refractivity contribution is 6.16. The monoisotopic (exact) mass is 417 g/mol. The Balaban J connectivity index is 1.33. The molecule has 0 spiro atoms. The molecule has 7 heteroatoms. The maximum atomic E-state index is 13.2. The van der Waals surface area contributed by atoms with Gasteiger partial charge in [-0.05, 0) is 54.5 Å². The zero-order valence-corrected chi connectivity index (χ0v) is 16.8. The fraction of sp³-hybridized carbons (Fsp3) is 0.208. The van der Waals surface area contributed by atoms with Crippen molar-refractivity contribution < 1.29 is 28.2 Å². The van der Waals surface area contributed by atoms with E-state index in [4.69, 9.17) is 23.4 Å². The van der Waals surface area contributed by atoms with E-state index < -0.39 is 0 Å². The molecule has 0 N–H and O–H groups in total. The Bertz CT molecular complexity index is 1230. The zero-order valence-electron chi connectivity index (χ0n) is 16.8. The molecule has 0 fully saturated rings. The van der Waals surface area contributed by atoms with Crippen LogP contribution in [0.3, 0.4) is 0 Å². The smallest absolute Gasteiger partial charge is 0.232 e. The molecule has 3 aliphatic rings. The summed E-state index contributed by atoms with van der Waals surface area (Å²) in [6, 6.07) is 11.3. The molecule has 0 saturated carbocycles. The maximum absolute atomic E-state index is 13.2. The Morgan fingerprint density at radius 1 is 1.06 bits per heavy atom. The lowest BCUT2D eigenvalue weighted by atomic mass is 9.98. The van der Waals surface area contributed by atoms with Crippen LogP contribution in [0.1, 0.15) is 32.8 Å². The molecule has 0 atom stereocenters. The van der Waals surface area contributed by atoms with Crippen LogP contribution in [0.15, 0.2) is 52.8 Å². The molecule has 3 aliphatic heterocycles. The second-order valence-corrected chi connectivity index (χ2v) is 7.77. The molecular formula is C24H19NO6. The fourth-order valence-electron chi connectivity index (χ4n) is 4.15. The predicted octanol–water partition coefficient (Wildman–Crippen LogP) is 4.29. The van der Waals surface area contributed by atoms with Crippen molar-refractivity contribution in [3.63, 3.8) is 0 Å². The summed E-state index contributed by atoms with van der Waals surface area (Å²) in [7, 11) is 0. The molecule has 156 valence electrons. The standard InChI is InChI=1S/C24H19NO6/c1-14-7-19-17(11-25(12-28-19)10-16-3-2-6-27-16)24-22(14)23(26)21(31-24)9-15-4-5-18-20(8-15)30-13-29-18/h2-9H,10-13H2,1H3/b21-9-. The first-order valence-corrected chi connectivity index (χ1v) is 10.0. The van der Waals surface area contributed by atoms with E-state index in [1.165, 1.54) is 0 Å². The lowest BCUT2D eigenvalue weighted by Gasteiger charge is -2.29. The van der Waals surface area contributed by atoms with Gasteiger partial charge in [0.25, 0.3) is 0 Å². The number of furan rings is 1. The second-order valence-electron chi connectivity index (χ2n) is 7.77. The van der Waals surface area contributed by atoms with Gasteiger partial charge in [0.05, 0.1) is 23.9 Å². The van der Waals surface area contributed by atoms with Crippen molar-refractivity contribution in [2.45, 2.75) is 20.0 Å². The summed E-state index contributed by atoms with van der Waals surface area (Å²) in [5, 5.41) is 0. The Kier molecular flexibility index (Phi) is 4.04.